The minimum Gasteiger partial charge on any atom is -0.465 e. The molecule has 0 bridgehead atoms. The van der Waals surface area contributed by atoms with Crippen LogP contribution < -0.4 is 10.6 Å². The Bertz CT molecular complexity index is 1160. The SMILES string of the molecule is CCC(Sc1cccc(NC(=O)c2ccccc2C)c1)C(=O)Nc1ccccc1C(=O)OC. The minimum atomic E-state index is -0.510. The summed E-state index contributed by atoms with van der Waals surface area (Å²) in [4.78, 5) is 38.4. The lowest BCUT2D eigenvalue weighted by Gasteiger charge is -2.17. The molecule has 33 heavy (non-hydrogen) atoms. The number of para-hydroxylation sites is 1. The number of rotatable bonds is 8. The van der Waals surface area contributed by atoms with Gasteiger partial charge in [-0.05, 0) is 55.3 Å². The fraction of sp³-hybridized carbons (Fsp3) is 0.192. The highest BCUT2D eigenvalue weighted by Crippen LogP contribution is 2.29. The molecular formula is C26H26N2O4S. The highest BCUT2D eigenvalue weighted by Gasteiger charge is 2.21. The number of benzene rings is 3. The molecule has 0 saturated carbocycles. The Hall–Kier alpha value is -3.58. The number of ether oxygens (including phenoxy) is 1. The van der Waals surface area contributed by atoms with Gasteiger partial charge in [-0.15, -0.1) is 11.8 Å². The van der Waals surface area contributed by atoms with Crippen LogP contribution in [-0.2, 0) is 9.53 Å². The van der Waals surface area contributed by atoms with Crippen LogP contribution in [0.15, 0.2) is 77.7 Å². The first-order chi connectivity index (χ1) is 15.9. The first-order valence-corrected chi connectivity index (χ1v) is 11.4. The molecule has 170 valence electrons. The second kappa shape index (κ2) is 11.3. The molecule has 1 atom stereocenters. The average molecular weight is 463 g/mol. The molecule has 3 rings (SSSR count). The molecule has 0 aliphatic carbocycles. The fourth-order valence-corrected chi connectivity index (χ4v) is 4.27. The van der Waals surface area contributed by atoms with Crippen LogP contribution in [0.4, 0.5) is 11.4 Å². The van der Waals surface area contributed by atoms with E-state index in [1.54, 1.807) is 30.3 Å². The molecule has 6 nitrogen and oxygen atoms in total. The summed E-state index contributed by atoms with van der Waals surface area (Å²) >= 11 is 1.40. The molecule has 3 aromatic rings. The molecule has 0 radical (unpaired) electrons. The quantitative estimate of drug-likeness (QED) is 0.339. The summed E-state index contributed by atoms with van der Waals surface area (Å²) in [6.45, 7) is 3.82. The maximum absolute atomic E-state index is 12.9. The predicted molar refractivity (Wildman–Crippen MR) is 132 cm³/mol. The van der Waals surface area contributed by atoms with E-state index in [4.69, 9.17) is 4.74 Å². The summed E-state index contributed by atoms with van der Waals surface area (Å²) in [5.41, 5.74) is 2.88. The lowest BCUT2D eigenvalue weighted by molar-refractivity contribution is -0.115. The average Bonchev–Trinajstić information content (AvgIpc) is 2.82. The van der Waals surface area contributed by atoms with E-state index in [2.05, 4.69) is 10.6 Å². The van der Waals surface area contributed by atoms with Gasteiger partial charge in [-0.1, -0.05) is 43.3 Å². The Labute approximate surface area is 197 Å². The lowest BCUT2D eigenvalue weighted by atomic mass is 10.1. The molecule has 0 spiro atoms. The zero-order valence-electron chi connectivity index (χ0n) is 18.8. The van der Waals surface area contributed by atoms with Crippen molar-refractivity contribution >= 4 is 40.9 Å². The number of anilines is 2. The first kappa shape index (κ1) is 24.1. The van der Waals surface area contributed by atoms with Crippen molar-refractivity contribution in [2.75, 3.05) is 17.7 Å². The summed E-state index contributed by atoms with van der Waals surface area (Å²) in [5.74, 6) is -0.906. The van der Waals surface area contributed by atoms with E-state index in [1.165, 1.54) is 18.9 Å². The van der Waals surface area contributed by atoms with Crippen LogP contribution in [0.3, 0.4) is 0 Å². The zero-order chi connectivity index (χ0) is 23.8. The van der Waals surface area contributed by atoms with E-state index in [1.807, 2.05) is 56.3 Å². The number of hydrogen-bond donors (Lipinski definition) is 2. The smallest absolute Gasteiger partial charge is 0.339 e. The van der Waals surface area contributed by atoms with Crippen molar-refractivity contribution in [2.24, 2.45) is 0 Å². The molecule has 0 aliphatic heterocycles. The maximum atomic E-state index is 12.9. The second-order valence-electron chi connectivity index (χ2n) is 7.34. The Balaban J connectivity index is 1.71. The molecule has 1 unspecified atom stereocenters. The Morgan fingerprint density at radius 2 is 1.61 bits per heavy atom. The van der Waals surface area contributed by atoms with Gasteiger partial charge in [-0.2, -0.15) is 0 Å². The third-order valence-electron chi connectivity index (χ3n) is 5.01. The van der Waals surface area contributed by atoms with Crippen LogP contribution >= 0.6 is 11.8 Å². The number of carbonyl (C=O) groups is 3. The summed E-state index contributed by atoms with van der Waals surface area (Å²) in [6.07, 6.45) is 0.580. The molecule has 0 heterocycles. The number of hydrogen-bond acceptors (Lipinski definition) is 5. The number of carbonyl (C=O) groups excluding carboxylic acids is 3. The number of methoxy groups -OCH3 is 1. The van der Waals surface area contributed by atoms with Gasteiger partial charge in [0.1, 0.15) is 0 Å². The largest absolute Gasteiger partial charge is 0.465 e. The van der Waals surface area contributed by atoms with E-state index >= 15 is 0 Å². The maximum Gasteiger partial charge on any atom is 0.339 e. The summed E-state index contributed by atoms with van der Waals surface area (Å²) in [6, 6.07) is 21.5. The van der Waals surface area contributed by atoms with E-state index in [9.17, 15) is 14.4 Å². The summed E-state index contributed by atoms with van der Waals surface area (Å²) in [5, 5.41) is 5.37. The highest BCUT2D eigenvalue weighted by atomic mass is 32.2. The molecular weight excluding hydrogens is 436 g/mol. The lowest BCUT2D eigenvalue weighted by Crippen LogP contribution is -2.25. The van der Waals surface area contributed by atoms with Gasteiger partial charge in [0, 0.05) is 16.1 Å². The Morgan fingerprint density at radius 3 is 2.30 bits per heavy atom. The third kappa shape index (κ3) is 6.23. The van der Waals surface area contributed by atoms with Crippen LogP contribution in [0.5, 0.6) is 0 Å². The standard InChI is InChI=1S/C26H26N2O4S/c1-4-23(25(30)28-22-15-8-7-14-21(22)26(31)32-3)33-19-12-9-11-18(16-19)27-24(29)20-13-6-5-10-17(20)2/h5-16,23H,4H2,1-3H3,(H,27,29)(H,28,30). The molecule has 0 aromatic heterocycles. The van der Waals surface area contributed by atoms with E-state index in [0.29, 0.717) is 28.9 Å². The fourth-order valence-electron chi connectivity index (χ4n) is 3.25. The second-order valence-corrected chi connectivity index (χ2v) is 8.61. The van der Waals surface area contributed by atoms with Gasteiger partial charge in [-0.25, -0.2) is 4.79 Å². The number of amides is 2. The van der Waals surface area contributed by atoms with E-state index in [-0.39, 0.29) is 11.8 Å². The number of aryl methyl sites for hydroxylation is 1. The van der Waals surface area contributed by atoms with Crippen LogP contribution in [0.1, 0.15) is 39.6 Å². The van der Waals surface area contributed by atoms with Crippen molar-refractivity contribution < 1.29 is 19.1 Å². The van der Waals surface area contributed by atoms with E-state index < -0.39 is 11.2 Å². The number of nitrogens with one attached hydrogen (secondary N) is 2. The molecule has 2 N–H and O–H groups in total. The predicted octanol–water partition coefficient (Wildman–Crippen LogP) is 5.54. The van der Waals surface area contributed by atoms with Crippen LogP contribution in [0, 0.1) is 6.92 Å². The van der Waals surface area contributed by atoms with Crippen molar-refractivity contribution in [3.8, 4) is 0 Å². The van der Waals surface area contributed by atoms with Crippen LogP contribution in [0.25, 0.3) is 0 Å². The van der Waals surface area contributed by atoms with Crippen molar-refractivity contribution in [1.29, 1.82) is 0 Å². The number of thioether (sulfide) groups is 1. The monoisotopic (exact) mass is 462 g/mol. The summed E-state index contributed by atoms with van der Waals surface area (Å²) < 4.78 is 4.80. The van der Waals surface area contributed by atoms with Gasteiger partial charge in [-0.3, -0.25) is 9.59 Å². The molecule has 3 aromatic carbocycles. The van der Waals surface area contributed by atoms with Gasteiger partial charge in [0.25, 0.3) is 5.91 Å². The molecule has 2 amide bonds. The molecule has 7 heteroatoms. The van der Waals surface area contributed by atoms with Crippen molar-refractivity contribution in [3.05, 3.63) is 89.5 Å². The topological polar surface area (TPSA) is 84.5 Å². The molecule has 0 fully saturated rings. The van der Waals surface area contributed by atoms with E-state index in [0.717, 1.165) is 10.5 Å². The van der Waals surface area contributed by atoms with Crippen LogP contribution in [-0.4, -0.2) is 30.1 Å². The van der Waals surface area contributed by atoms with Gasteiger partial charge in [0.2, 0.25) is 5.91 Å². The minimum absolute atomic E-state index is 0.181. The van der Waals surface area contributed by atoms with Gasteiger partial charge < -0.3 is 15.4 Å². The molecule has 0 saturated heterocycles. The van der Waals surface area contributed by atoms with Gasteiger partial charge >= 0.3 is 5.97 Å². The third-order valence-corrected chi connectivity index (χ3v) is 6.37. The summed E-state index contributed by atoms with van der Waals surface area (Å²) in [7, 11) is 1.30. The number of esters is 1. The Kier molecular flexibility index (Phi) is 8.27. The van der Waals surface area contributed by atoms with Crippen LogP contribution in [0.2, 0.25) is 0 Å². The van der Waals surface area contributed by atoms with Gasteiger partial charge in [0.15, 0.2) is 0 Å². The van der Waals surface area contributed by atoms with Crippen molar-refractivity contribution in [1.82, 2.24) is 0 Å². The first-order valence-electron chi connectivity index (χ1n) is 10.5. The Morgan fingerprint density at radius 1 is 0.909 bits per heavy atom. The highest BCUT2D eigenvalue weighted by molar-refractivity contribution is 8.00. The van der Waals surface area contributed by atoms with Crippen molar-refractivity contribution in [2.45, 2.75) is 30.4 Å². The zero-order valence-corrected chi connectivity index (χ0v) is 19.6. The van der Waals surface area contributed by atoms with Crippen molar-refractivity contribution in [3.63, 3.8) is 0 Å². The molecule has 0 aliphatic rings. The normalized spacial score (nSPS) is 11.4. The van der Waals surface area contributed by atoms with Gasteiger partial charge in [0.05, 0.1) is 23.6 Å².